The summed E-state index contributed by atoms with van der Waals surface area (Å²) >= 11 is 2.27. The minimum absolute atomic E-state index is 0.135. The van der Waals surface area contributed by atoms with E-state index in [0.29, 0.717) is 35.3 Å². The van der Waals surface area contributed by atoms with Gasteiger partial charge in [0, 0.05) is 23.6 Å². The molecule has 0 spiro atoms. The highest BCUT2D eigenvalue weighted by molar-refractivity contribution is 14.1. The maximum absolute atomic E-state index is 14.0. The van der Waals surface area contributed by atoms with E-state index in [1.54, 1.807) is 0 Å². The van der Waals surface area contributed by atoms with E-state index in [9.17, 15) is 13.6 Å². The van der Waals surface area contributed by atoms with Crippen LogP contribution in [0, 0.1) is 29.1 Å². The lowest BCUT2D eigenvalue weighted by Crippen LogP contribution is -2.58. The first-order chi connectivity index (χ1) is 16.9. The molecule has 0 aromatic carbocycles. The molecular formula is C28H37BF2IN3O. The van der Waals surface area contributed by atoms with Crippen molar-refractivity contribution < 1.29 is 13.6 Å². The van der Waals surface area contributed by atoms with Gasteiger partial charge >= 0.3 is 0 Å². The van der Waals surface area contributed by atoms with E-state index in [1.807, 2.05) is 0 Å². The van der Waals surface area contributed by atoms with Crippen molar-refractivity contribution >= 4 is 48.4 Å². The van der Waals surface area contributed by atoms with E-state index in [1.165, 1.54) is 18.1 Å². The largest absolute Gasteiger partial charge is 0.353 e. The number of aryl methyl sites for hydroxylation is 1. The van der Waals surface area contributed by atoms with Gasteiger partial charge < -0.3 is 8.43 Å². The van der Waals surface area contributed by atoms with Gasteiger partial charge in [-0.2, -0.15) is 0 Å². The van der Waals surface area contributed by atoms with Crippen LogP contribution in [-0.2, 0) is 17.0 Å². The van der Waals surface area contributed by atoms with Crippen molar-refractivity contribution in [2.75, 3.05) is 3.11 Å². The third-order valence-corrected chi connectivity index (χ3v) is 11.2. The fraction of sp³-hybridized carbons (Fsp3) is 0.714. The molecule has 1 N–H and O–H groups in total. The number of amides is 1. The van der Waals surface area contributed by atoms with E-state index in [-0.39, 0.29) is 29.6 Å². The van der Waals surface area contributed by atoms with Crippen LogP contribution >= 0.6 is 22.9 Å². The first-order valence-corrected chi connectivity index (χ1v) is 14.5. The number of carbonyl (C=O) groups excluding carboxylic acids is 1. The normalized spacial score (nSPS) is 33.1. The van der Waals surface area contributed by atoms with Crippen molar-refractivity contribution in [2.45, 2.75) is 97.0 Å². The number of rotatable bonds is 5. The van der Waals surface area contributed by atoms with Crippen LogP contribution in [0.3, 0.4) is 0 Å². The SMILES string of the molecule is [B]C(F)(F)c1cc(N(I)C2CCC(NC(=O)C3CC4CC(C3C)C4(C)C)CC2)c2c(n1)CCC(C)=C2. The molecule has 2 bridgehead atoms. The number of carbonyl (C=O) groups is 1. The minimum Gasteiger partial charge on any atom is -0.353 e. The number of aromatic nitrogens is 1. The smallest absolute Gasteiger partial charge is 0.240 e. The zero-order valence-corrected chi connectivity index (χ0v) is 23.9. The van der Waals surface area contributed by atoms with Gasteiger partial charge in [-0.1, -0.05) is 32.4 Å². The van der Waals surface area contributed by atoms with Crippen molar-refractivity contribution in [1.29, 1.82) is 0 Å². The predicted molar refractivity (Wildman–Crippen MR) is 149 cm³/mol. The molecule has 1 aromatic heterocycles. The van der Waals surface area contributed by atoms with Gasteiger partial charge in [-0.25, -0.2) is 8.78 Å². The molecule has 2 radical (unpaired) electrons. The number of pyridine rings is 1. The van der Waals surface area contributed by atoms with Gasteiger partial charge in [-0.3, -0.25) is 9.78 Å². The topological polar surface area (TPSA) is 45.2 Å². The summed E-state index contributed by atoms with van der Waals surface area (Å²) in [5.74, 6) is -1.32. The van der Waals surface area contributed by atoms with Crippen LogP contribution < -0.4 is 8.43 Å². The van der Waals surface area contributed by atoms with E-state index < -0.39 is 5.82 Å². The fourth-order valence-electron chi connectivity index (χ4n) is 7.37. The summed E-state index contributed by atoms with van der Waals surface area (Å²) in [5, 5.41) is 3.38. The van der Waals surface area contributed by atoms with Crippen molar-refractivity contribution in [1.82, 2.24) is 10.3 Å². The van der Waals surface area contributed by atoms with Crippen LogP contribution in [0.1, 0.15) is 89.6 Å². The molecule has 4 atom stereocenters. The number of anilines is 1. The molecule has 1 heterocycles. The maximum Gasteiger partial charge on any atom is 0.240 e. The van der Waals surface area contributed by atoms with Crippen LogP contribution in [0.5, 0.6) is 0 Å². The Kier molecular flexibility index (Phi) is 6.99. The summed E-state index contributed by atoms with van der Waals surface area (Å²) in [5.41, 5.74) is 3.64. The molecule has 4 nitrogen and oxygen atoms in total. The zero-order chi connectivity index (χ0) is 26.0. The summed E-state index contributed by atoms with van der Waals surface area (Å²) in [4.78, 5) is 17.4. The average molecular weight is 607 g/mol. The third-order valence-electron chi connectivity index (χ3n) is 9.89. The van der Waals surface area contributed by atoms with Crippen LogP contribution in [0.4, 0.5) is 14.5 Å². The number of fused-ring (bicyclic) bond motifs is 3. The summed E-state index contributed by atoms with van der Waals surface area (Å²) in [6.45, 7) is 9.06. The first kappa shape index (κ1) is 26.4. The summed E-state index contributed by atoms with van der Waals surface area (Å²) in [6, 6.07) is 1.86. The number of hydrogen-bond acceptors (Lipinski definition) is 3. The highest BCUT2D eigenvalue weighted by atomic mass is 127. The molecule has 5 aliphatic rings. The number of nitrogens with one attached hydrogen (secondary N) is 1. The Labute approximate surface area is 229 Å². The maximum atomic E-state index is 14.0. The monoisotopic (exact) mass is 607 g/mol. The molecule has 36 heavy (non-hydrogen) atoms. The average Bonchev–Trinajstić information content (AvgIpc) is 2.82. The molecule has 8 heteroatoms. The second-order valence-electron chi connectivity index (χ2n) is 12.4. The van der Waals surface area contributed by atoms with E-state index in [2.05, 4.69) is 70.0 Å². The lowest BCUT2D eigenvalue weighted by Gasteiger charge is -2.61. The van der Waals surface area contributed by atoms with Gasteiger partial charge in [0.15, 0.2) is 7.85 Å². The quantitative estimate of drug-likeness (QED) is 0.235. The van der Waals surface area contributed by atoms with Crippen molar-refractivity contribution in [3.8, 4) is 0 Å². The van der Waals surface area contributed by atoms with Crippen LogP contribution in [0.15, 0.2) is 11.6 Å². The number of halogens is 3. The second kappa shape index (κ2) is 9.53. The Morgan fingerprint density at radius 2 is 1.92 bits per heavy atom. The van der Waals surface area contributed by atoms with Crippen LogP contribution in [0.2, 0.25) is 0 Å². The number of hydrogen-bond donors (Lipinski definition) is 1. The molecule has 4 unspecified atom stereocenters. The Morgan fingerprint density at radius 1 is 1.22 bits per heavy atom. The molecule has 4 saturated carbocycles. The summed E-state index contributed by atoms with van der Waals surface area (Å²) in [6.07, 6.45) is 9.45. The molecular weight excluding hydrogens is 570 g/mol. The van der Waals surface area contributed by atoms with Crippen molar-refractivity contribution in [3.05, 3.63) is 28.6 Å². The third kappa shape index (κ3) is 4.73. The zero-order valence-electron chi connectivity index (χ0n) is 21.8. The fourth-order valence-corrected chi connectivity index (χ4v) is 8.33. The lowest BCUT2D eigenvalue weighted by atomic mass is 9.43. The molecule has 4 fully saturated rings. The van der Waals surface area contributed by atoms with E-state index in [0.717, 1.165) is 49.8 Å². The molecule has 0 saturated heterocycles. The second-order valence-corrected chi connectivity index (χ2v) is 13.4. The molecule has 1 aromatic rings. The standard InChI is InChI=1S/C28H37BF2IN3O/c1-15-5-10-23-21(11-15)24(14-25(34-23)28(29,30)31)35(32)19-8-6-18(7-9-19)33-26(36)20-12-17-13-22(16(20)2)27(17,3)4/h11,14,16-20,22H,5-10,12-13H2,1-4H3,(H,33,36). The van der Waals surface area contributed by atoms with Gasteiger partial charge in [-0.05, 0) is 87.5 Å². The summed E-state index contributed by atoms with van der Waals surface area (Å²) in [7, 11) is 5.15. The highest BCUT2D eigenvalue weighted by Gasteiger charge is 2.57. The predicted octanol–water partition coefficient (Wildman–Crippen LogP) is 6.55. The van der Waals surface area contributed by atoms with Gasteiger partial charge in [0.25, 0.3) is 0 Å². The molecule has 6 rings (SSSR count). The number of allylic oxidation sites excluding steroid dienone is 1. The Hall–Kier alpha value is -1.19. The van der Waals surface area contributed by atoms with E-state index in [4.69, 9.17) is 7.85 Å². The van der Waals surface area contributed by atoms with Crippen molar-refractivity contribution in [2.24, 2.45) is 29.1 Å². The first-order valence-electron chi connectivity index (χ1n) is 13.5. The van der Waals surface area contributed by atoms with Gasteiger partial charge in [0.05, 0.1) is 34.2 Å². The minimum atomic E-state index is -3.47. The van der Waals surface area contributed by atoms with Crippen molar-refractivity contribution in [3.63, 3.8) is 0 Å². The van der Waals surface area contributed by atoms with Gasteiger partial charge in [0.1, 0.15) is 5.69 Å². The molecule has 194 valence electrons. The lowest BCUT2D eigenvalue weighted by molar-refractivity contribution is -0.154. The number of nitrogens with zero attached hydrogens (tertiary/aromatic N) is 2. The van der Waals surface area contributed by atoms with Gasteiger partial charge in [0.2, 0.25) is 11.7 Å². The van der Waals surface area contributed by atoms with Crippen LogP contribution in [0.25, 0.3) is 6.08 Å². The molecule has 0 aliphatic heterocycles. The molecule has 5 aliphatic carbocycles. The van der Waals surface area contributed by atoms with Crippen LogP contribution in [-0.4, -0.2) is 30.8 Å². The highest BCUT2D eigenvalue weighted by Crippen LogP contribution is 2.63. The summed E-state index contributed by atoms with van der Waals surface area (Å²) < 4.78 is 30.2. The Bertz CT molecular complexity index is 1060. The molecule has 1 amide bonds. The Balaban J connectivity index is 1.24. The van der Waals surface area contributed by atoms with E-state index >= 15 is 0 Å². The number of alkyl halides is 2. The Morgan fingerprint density at radius 3 is 2.53 bits per heavy atom. The van der Waals surface area contributed by atoms with Gasteiger partial charge in [-0.15, -0.1) is 0 Å².